The van der Waals surface area contributed by atoms with E-state index >= 15 is 0 Å². The zero-order valence-electron chi connectivity index (χ0n) is 7.42. The largest absolute Gasteiger partial charge is 0.379 e. The van der Waals surface area contributed by atoms with Gasteiger partial charge in [-0.1, -0.05) is 0 Å². The highest BCUT2D eigenvalue weighted by Gasteiger charge is 1.93. The number of nitrogens with two attached hydrogens (primary N) is 2. The molecule has 5 nitrogen and oxygen atoms in total. The van der Waals surface area contributed by atoms with Crippen molar-refractivity contribution < 1.29 is 5.11 Å². The van der Waals surface area contributed by atoms with Gasteiger partial charge in [-0.25, -0.2) is 0 Å². The van der Waals surface area contributed by atoms with Crippen LogP contribution in [0.5, 0.6) is 0 Å². The second-order valence-corrected chi connectivity index (χ2v) is 2.64. The number of aliphatic hydroxyl groups is 1. The highest BCUT2D eigenvalue weighted by atomic mass is 16.3. The topological polar surface area (TPSA) is 96.3 Å². The van der Waals surface area contributed by atoms with Crippen LogP contribution in [0, 0.1) is 0 Å². The van der Waals surface area contributed by atoms with Crippen LogP contribution in [0.1, 0.15) is 6.42 Å². The van der Waals surface area contributed by atoms with Crippen LogP contribution in [0.15, 0.2) is 0 Å². The van der Waals surface area contributed by atoms with Crippen molar-refractivity contribution in [1.29, 1.82) is 0 Å². The third-order valence-corrected chi connectivity index (χ3v) is 1.42. The number of rotatable bonds is 8. The number of hydrogen-bond donors (Lipinski definition) is 5. The summed E-state index contributed by atoms with van der Waals surface area (Å²) < 4.78 is 0. The van der Waals surface area contributed by atoms with Crippen LogP contribution in [0.3, 0.4) is 0 Å². The molecule has 74 valence electrons. The summed E-state index contributed by atoms with van der Waals surface area (Å²) in [4.78, 5) is 0. The van der Waals surface area contributed by atoms with Gasteiger partial charge < -0.3 is 27.2 Å². The van der Waals surface area contributed by atoms with Gasteiger partial charge in [0, 0.05) is 26.2 Å². The molecule has 0 aliphatic carbocycles. The molecule has 0 heterocycles. The van der Waals surface area contributed by atoms with Gasteiger partial charge in [0.2, 0.25) is 0 Å². The average Bonchev–Trinajstić information content (AvgIpc) is 2.02. The fourth-order valence-electron chi connectivity index (χ4n) is 0.779. The highest BCUT2D eigenvalue weighted by molar-refractivity contribution is 4.54. The van der Waals surface area contributed by atoms with Gasteiger partial charge in [0.15, 0.2) is 0 Å². The second kappa shape index (κ2) is 8.89. The van der Waals surface area contributed by atoms with Gasteiger partial charge in [-0.15, -0.1) is 0 Å². The van der Waals surface area contributed by atoms with E-state index in [4.69, 9.17) is 16.6 Å². The lowest BCUT2D eigenvalue weighted by molar-refractivity contribution is 0.171. The van der Waals surface area contributed by atoms with Gasteiger partial charge in [-0.3, -0.25) is 0 Å². The molecule has 0 aromatic heterocycles. The van der Waals surface area contributed by atoms with Crippen molar-refractivity contribution >= 4 is 0 Å². The third kappa shape index (κ3) is 9.80. The van der Waals surface area contributed by atoms with Gasteiger partial charge in [-0.2, -0.15) is 0 Å². The first-order valence-corrected chi connectivity index (χ1v) is 4.32. The Morgan fingerprint density at radius 2 is 1.67 bits per heavy atom. The molecule has 0 aliphatic heterocycles. The van der Waals surface area contributed by atoms with Gasteiger partial charge in [0.25, 0.3) is 0 Å². The van der Waals surface area contributed by atoms with Gasteiger partial charge in [0.1, 0.15) is 6.23 Å². The summed E-state index contributed by atoms with van der Waals surface area (Å²) in [6, 6.07) is 0. The molecule has 12 heavy (non-hydrogen) atoms. The minimum atomic E-state index is -0.700. The molecule has 0 saturated carbocycles. The Hall–Kier alpha value is -0.200. The quantitative estimate of drug-likeness (QED) is 0.213. The molecule has 0 aliphatic rings. The summed E-state index contributed by atoms with van der Waals surface area (Å²) in [6.45, 7) is 4.05. The predicted octanol–water partition coefficient (Wildman–Crippen LogP) is -2.21. The molecule has 0 rings (SSSR count). The summed E-state index contributed by atoms with van der Waals surface area (Å²) in [5, 5.41) is 15.0. The van der Waals surface area contributed by atoms with Crippen molar-refractivity contribution in [2.24, 2.45) is 11.5 Å². The molecule has 0 saturated heterocycles. The molecule has 7 N–H and O–H groups in total. The molecule has 0 fully saturated rings. The number of hydrogen-bond acceptors (Lipinski definition) is 5. The van der Waals surface area contributed by atoms with Crippen LogP contribution in [0.2, 0.25) is 0 Å². The predicted molar refractivity (Wildman–Crippen MR) is 49.6 cm³/mol. The first kappa shape index (κ1) is 11.8. The lowest BCUT2D eigenvalue weighted by Crippen LogP contribution is -2.33. The number of nitrogens with one attached hydrogen (secondary N) is 2. The van der Waals surface area contributed by atoms with E-state index in [0.717, 1.165) is 26.2 Å². The Morgan fingerprint density at radius 3 is 2.17 bits per heavy atom. The van der Waals surface area contributed by atoms with Crippen LogP contribution in [0.25, 0.3) is 0 Å². The Balaban J connectivity index is 2.82. The van der Waals surface area contributed by atoms with Crippen LogP contribution >= 0.6 is 0 Å². The monoisotopic (exact) mass is 176 g/mol. The Kier molecular flexibility index (Phi) is 8.74. The smallest absolute Gasteiger partial charge is 0.103 e. The van der Waals surface area contributed by atoms with Crippen molar-refractivity contribution in [3.05, 3.63) is 0 Å². The second-order valence-electron chi connectivity index (χ2n) is 2.64. The molecular weight excluding hydrogens is 156 g/mol. The van der Waals surface area contributed by atoms with Gasteiger partial charge >= 0.3 is 0 Å². The summed E-state index contributed by atoms with van der Waals surface area (Å²) in [7, 11) is 0. The standard InChI is InChI=1S/C7H20N4O/c8-2-4-11-6-5-10-3-1-7(9)12/h7,10-12H,1-6,8-9H2. The van der Waals surface area contributed by atoms with E-state index in [1.807, 2.05) is 0 Å². The maximum absolute atomic E-state index is 8.70. The molecular formula is C7H20N4O. The third-order valence-electron chi connectivity index (χ3n) is 1.42. The number of aliphatic hydroxyl groups excluding tert-OH is 1. The summed E-state index contributed by atoms with van der Waals surface area (Å²) in [6.07, 6.45) is -0.105. The summed E-state index contributed by atoms with van der Waals surface area (Å²) >= 11 is 0. The van der Waals surface area contributed by atoms with Crippen molar-refractivity contribution in [1.82, 2.24) is 10.6 Å². The van der Waals surface area contributed by atoms with Crippen LogP contribution in [0.4, 0.5) is 0 Å². The molecule has 0 spiro atoms. The highest BCUT2D eigenvalue weighted by Crippen LogP contribution is 1.77. The van der Waals surface area contributed by atoms with E-state index in [0.29, 0.717) is 13.0 Å². The zero-order valence-corrected chi connectivity index (χ0v) is 7.42. The fourth-order valence-corrected chi connectivity index (χ4v) is 0.779. The SMILES string of the molecule is NCCNCCNCCC(N)O. The Bertz CT molecular complexity index is 89.5. The van der Waals surface area contributed by atoms with Gasteiger partial charge in [0.05, 0.1) is 0 Å². The van der Waals surface area contributed by atoms with Crippen LogP contribution < -0.4 is 22.1 Å². The van der Waals surface area contributed by atoms with E-state index in [1.54, 1.807) is 0 Å². The first-order chi connectivity index (χ1) is 5.77. The molecule has 1 atom stereocenters. The van der Waals surface area contributed by atoms with Crippen molar-refractivity contribution in [2.75, 3.05) is 32.7 Å². The molecule has 0 aromatic rings. The minimum Gasteiger partial charge on any atom is -0.379 e. The van der Waals surface area contributed by atoms with Crippen LogP contribution in [-0.4, -0.2) is 44.1 Å². The minimum absolute atomic E-state index is 0.594. The average molecular weight is 176 g/mol. The maximum Gasteiger partial charge on any atom is 0.103 e. The molecule has 0 radical (unpaired) electrons. The Morgan fingerprint density at radius 1 is 1.08 bits per heavy atom. The van der Waals surface area contributed by atoms with Crippen molar-refractivity contribution in [2.45, 2.75) is 12.6 Å². The van der Waals surface area contributed by atoms with E-state index in [9.17, 15) is 0 Å². The molecule has 0 amide bonds. The lowest BCUT2D eigenvalue weighted by atomic mass is 10.4. The Labute approximate surface area is 73.5 Å². The molecule has 5 heteroatoms. The maximum atomic E-state index is 8.70. The van der Waals surface area contributed by atoms with Crippen molar-refractivity contribution in [3.63, 3.8) is 0 Å². The normalized spacial score (nSPS) is 13.2. The van der Waals surface area contributed by atoms with Crippen molar-refractivity contribution in [3.8, 4) is 0 Å². The molecule has 0 aromatic carbocycles. The molecule has 1 unspecified atom stereocenters. The van der Waals surface area contributed by atoms with Gasteiger partial charge in [-0.05, 0) is 13.0 Å². The molecule has 0 bridgehead atoms. The van der Waals surface area contributed by atoms with Crippen LogP contribution in [-0.2, 0) is 0 Å². The summed E-state index contributed by atoms with van der Waals surface area (Å²) in [5.74, 6) is 0. The first-order valence-electron chi connectivity index (χ1n) is 4.32. The van der Waals surface area contributed by atoms with E-state index < -0.39 is 6.23 Å². The van der Waals surface area contributed by atoms with E-state index in [-0.39, 0.29) is 0 Å². The summed E-state index contributed by atoms with van der Waals surface area (Å²) in [5.41, 5.74) is 10.4. The lowest BCUT2D eigenvalue weighted by Gasteiger charge is -2.06. The zero-order chi connectivity index (χ0) is 9.23. The van der Waals surface area contributed by atoms with E-state index in [1.165, 1.54) is 0 Å². The van der Waals surface area contributed by atoms with E-state index in [2.05, 4.69) is 10.6 Å². The fraction of sp³-hybridized carbons (Fsp3) is 1.00.